The highest BCUT2D eigenvalue weighted by molar-refractivity contribution is 7.79. The molecule has 0 radical (unpaired) electrons. The van der Waals surface area contributed by atoms with E-state index in [0.29, 0.717) is 36.8 Å². The number of ether oxygens (including phenoxy) is 1. The van der Waals surface area contributed by atoms with Crippen molar-refractivity contribution in [2.45, 2.75) is 62.2 Å². The maximum Gasteiger partial charge on any atom is 0.123 e. The highest BCUT2D eigenvalue weighted by Crippen LogP contribution is 2.40. The fourth-order valence-corrected chi connectivity index (χ4v) is 6.75. The SMILES string of the molecule is CN(C)C(CCC(O)c1ccc(F)cc1)C(c1ccc(-c2ccc(C3CC(O)CC(CO)O3)cc2)cc1O)N(C=S)c1ccccc1. The lowest BCUT2D eigenvalue weighted by molar-refractivity contribution is -0.113. The van der Waals surface area contributed by atoms with Crippen LogP contribution in [0.15, 0.2) is 97.1 Å². The number of aromatic hydroxyl groups is 1. The predicted octanol–water partition coefficient (Wildman–Crippen LogP) is 6.72. The van der Waals surface area contributed by atoms with Crippen LogP contribution in [0, 0.1) is 5.82 Å². The largest absolute Gasteiger partial charge is 0.508 e. The molecule has 0 saturated carbocycles. The first kappa shape index (κ1) is 34.6. The number of aliphatic hydroxyl groups is 3. The second-order valence-electron chi connectivity index (χ2n) is 12.4. The molecular weight excluding hydrogens is 615 g/mol. The first-order valence-electron chi connectivity index (χ1n) is 15.9. The number of likely N-dealkylation sites (N-methyl/N-ethyl adjacent to an activating group) is 1. The smallest absolute Gasteiger partial charge is 0.123 e. The molecule has 0 spiro atoms. The fourth-order valence-electron chi connectivity index (χ4n) is 6.49. The van der Waals surface area contributed by atoms with Gasteiger partial charge in [0.15, 0.2) is 0 Å². The second kappa shape index (κ2) is 15.9. The number of hydrogen-bond donors (Lipinski definition) is 4. The molecular formula is C38H43FN2O5S. The van der Waals surface area contributed by atoms with E-state index in [4.69, 9.17) is 17.0 Å². The number of phenols is 1. The van der Waals surface area contributed by atoms with Gasteiger partial charge in [-0.15, -0.1) is 0 Å². The van der Waals surface area contributed by atoms with Crippen molar-refractivity contribution < 1.29 is 29.6 Å². The first-order chi connectivity index (χ1) is 22.7. The van der Waals surface area contributed by atoms with Crippen LogP contribution in [0.25, 0.3) is 11.1 Å². The third-order valence-electron chi connectivity index (χ3n) is 9.03. The summed E-state index contributed by atoms with van der Waals surface area (Å²) < 4.78 is 19.5. The molecule has 1 heterocycles. The lowest BCUT2D eigenvalue weighted by Crippen LogP contribution is -2.43. The van der Waals surface area contributed by atoms with Crippen molar-refractivity contribution in [3.8, 4) is 16.9 Å². The third-order valence-corrected chi connectivity index (χ3v) is 9.26. The molecule has 9 heteroatoms. The summed E-state index contributed by atoms with van der Waals surface area (Å²) in [5, 5.41) is 42.4. The van der Waals surface area contributed by atoms with E-state index in [1.807, 2.05) is 85.7 Å². The van der Waals surface area contributed by atoms with Crippen molar-refractivity contribution in [2.75, 3.05) is 25.6 Å². The summed E-state index contributed by atoms with van der Waals surface area (Å²) in [4.78, 5) is 4.06. The number of halogens is 1. The monoisotopic (exact) mass is 658 g/mol. The van der Waals surface area contributed by atoms with Crippen LogP contribution in [0.2, 0.25) is 0 Å². The molecule has 1 aliphatic heterocycles. The third kappa shape index (κ3) is 8.43. The minimum atomic E-state index is -0.785. The van der Waals surface area contributed by atoms with E-state index in [9.17, 15) is 24.8 Å². The van der Waals surface area contributed by atoms with Gasteiger partial charge in [-0.1, -0.05) is 78.9 Å². The number of anilines is 1. The van der Waals surface area contributed by atoms with Crippen molar-refractivity contribution in [1.29, 1.82) is 0 Å². The Bertz CT molecular complexity index is 1590. The van der Waals surface area contributed by atoms with Gasteiger partial charge in [0, 0.05) is 30.1 Å². The Morgan fingerprint density at radius 2 is 1.60 bits per heavy atom. The maximum atomic E-state index is 13.5. The zero-order chi connectivity index (χ0) is 33.5. The van der Waals surface area contributed by atoms with Gasteiger partial charge < -0.3 is 35.0 Å². The molecule has 1 aliphatic rings. The molecule has 4 aromatic carbocycles. The molecule has 1 saturated heterocycles. The van der Waals surface area contributed by atoms with Gasteiger partial charge in [0.05, 0.1) is 42.6 Å². The van der Waals surface area contributed by atoms with Gasteiger partial charge >= 0.3 is 0 Å². The van der Waals surface area contributed by atoms with Crippen molar-refractivity contribution in [2.24, 2.45) is 0 Å². The van der Waals surface area contributed by atoms with Gasteiger partial charge in [-0.05, 0) is 79.5 Å². The Balaban J connectivity index is 1.44. The number of aliphatic hydroxyl groups excluding tert-OH is 3. The van der Waals surface area contributed by atoms with Gasteiger partial charge in [0.25, 0.3) is 0 Å². The number of rotatable bonds is 13. The minimum Gasteiger partial charge on any atom is -0.508 e. The van der Waals surface area contributed by atoms with E-state index in [-0.39, 0.29) is 36.4 Å². The zero-order valence-electron chi connectivity index (χ0n) is 26.7. The molecule has 248 valence electrons. The highest BCUT2D eigenvalue weighted by atomic mass is 32.1. The molecule has 5 rings (SSSR count). The van der Waals surface area contributed by atoms with Crippen LogP contribution in [0.5, 0.6) is 5.75 Å². The summed E-state index contributed by atoms with van der Waals surface area (Å²) in [5.41, 5.74) is 6.46. The predicted molar refractivity (Wildman–Crippen MR) is 187 cm³/mol. The summed E-state index contributed by atoms with van der Waals surface area (Å²) in [6.45, 7) is -0.132. The van der Waals surface area contributed by atoms with Crippen LogP contribution < -0.4 is 4.90 Å². The quantitative estimate of drug-likeness (QED) is 0.118. The average Bonchev–Trinajstić information content (AvgIpc) is 3.08. The van der Waals surface area contributed by atoms with Crippen molar-refractivity contribution in [1.82, 2.24) is 4.90 Å². The van der Waals surface area contributed by atoms with Gasteiger partial charge in [-0.25, -0.2) is 4.39 Å². The zero-order valence-corrected chi connectivity index (χ0v) is 27.5. The molecule has 0 bridgehead atoms. The second-order valence-corrected chi connectivity index (χ2v) is 12.6. The maximum absolute atomic E-state index is 13.5. The van der Waals surface area contributed by atoms with Crippen LogP contribution in [0.4, 0.5) is 10.1 Å². The van der Waals surface area contributed by atoms with Crippen LogP contribution in [0.3, 0.4) is 0 Å². The summed E-state index contributed by atoms with van der Waals surface area (Å²) in [6, 6.07) is 28.6. The van der Waals surface area contributed by atoms with Crippen LogP contribution >= 0.6 is 12.2 Å². The van der Waals surface area contributed by atoms with Gasteiger partial charge in [-0.2, -0.15) is 0 Å². The summed E-state index contributed by atoms with van der Waals surface area (Å²) >= 11 is 5.57. The molecule has 4 aromatic rings. The van der Waals surface area contributed by atoms with Crippen molar-refractivity contribution >= 4 is 23.4 Å². The molecule has 6 atom stereocenters. The fraction of sp³-hybridized carbons (Fsp3) is 0.342. The number of nitrogens with zero attached hydrogens (tertiary/aromatic N) is 2. The average molecular weight is 659 g/mol. The minimum absolute atomic E-state index is 0.116. The molecule has 1 fully saturated rings. The van der Waals surface area contributed by atoms with E-state index in [2.05, 4.69) is 4.90 Å². The number of para-hydroxylation sites is 1. The van der Waals surface area contributed by atoms with Gasteiger partial charge in [0.1, 0.15) is 11.6 Å². The number of hydrogen-bond acceptors (Lipinski definition) is 7. The van der Waals surface area contributed by atoms with E-state index < -0.39 is 18.2 Å². The topological polar surface area (TPSA) is 96.6 Å². The number of thiocarbonyl (C=S) groups is 1. The van der Waals surface area contributed by atoms with Crippen LogP contribution in [-0.2, 0) is 4.74 Å². The normalized spacial score (nSPS) is 20.0. The molecule has 0 amide bonds. The number of phenolic OH excluding ortho intramolecular Hbond substituents is 1. The van der Waals surface area contributed by atoms with Crippen LogP contribution in [-0.4, -0.2) is 69.8 Å². The summed E-state index contributed by atoms with van der Waals surface area (Å²) in [7, 11) is 3.94. The van der Waals surface area contributed by atoms with Gasteiger partial charge in [-0.3, -0.25) is 0 Å². The Kier molecular flexibility index (Phi) is 11.7. The van der Waals surface area contributed by atoms with Crippen molar-refractivity contribution in [3.05, 3.63) is 120 Å². The summed E-state index contributed by atoms with van der Waals surface area (Å²) in [6.07, 6.45) is -0.136. The van der Waals surface area contributed by atoms with Crippen molar-refractivity contribution in [3.63, 3.8) is 0 Å². The Morgan fingerprint density at radius 1 is 0.915 bits per heavy atom. The molecule has 4 N–H and O–H groups in total. The molecule has 0 aromatic heterocycles. The summed E-state index contributed by atoms with van der Waals surface area (Å²) in [5.74, 6) is -0.236. The first-order valence-corrected chi connectivity index (χ1v) is 16.4. The van der Waals surface area contributed by atoms with Gasteiger partial charge in [0.2, 0.25) is 0 Å². The Hall–Kier alpha value is -3.70. The molecule has 47 heavy (non-hydrogen) atoms. The van der Waals surface area contributed by atoms with E-state index in [1.54, 1.807) is 23.7 Å². The molecule has 7 nitrogen and oxygen atoms in total. The van der Waals surface area contributed by atoms with Crippen LogP contribution in [0.1, 0.15) is 60.6 Å². The lowest BCUT2D eigenvalue weighted by Gasteiger charge is -2.40. The highest BCUT2D eigenvalue weighted by Gasteiger charge is 2.33. The standard InChI is InChI=1S/C38H43FN2O5S/c1-40(2)34(18-19-35(44)26-12-15-29(39)16-13-26)38(41(24-47)30-6-4-3-5-7-30)33-17-14-28(20-36(33)45)25-8-10-27(11-9-25)37-22-31(43)21-32(23-42)46-37/h3-17,20,24,31-32,34-35,37-38,42-45H,18-19,21-23H2,1-2H3. The lowest BCUT2D eigenvalue weighted by atomic mass is 9.89. The Labute approximate surface area is 281 Å². The number of benzene rings is 4. The van der Waals surface area contributed by atoms with E-state index >= 15 is 0 Å². The Morgan fingerprint density at radius 3 is 2.21 bits per heavy atom. The van der Waals surface area contributed by atoms with E-state index in [0.717, 1.165) is 22.4 Å². The molecule has 6 unspecified atom stereocenters. The van der Waals surface area contributed by atoms with E-state index in [1.165, 1.54) is 12.1 Å². The molecule has 0 aliphatic carbocycles.